The second kappa shape index (κ2) is 8.64. The number of esters is 1. The van der Waals surface area contributed by atoms with Crippen LogP contribution in [0.4, 0.5) is 9.18 Å². The predicted molar refractivity (Wildman–Crippen MR) is 106 cm³/mol. The van der Waals surface area contributed by atoms with Crippen LogP contribution in [0.15, 0.2) is 58.5 Å². The normalized spacial score (nSPS) is 20.1. The van der Waals surface area contributed by atoms with Crippen molar-refractivity contribution in [3.63, 3.8) is 0 Å². The topological polar surface area (TPSA) is 142 Å². The van der Waals surface area contributed by atoms with Crippen molar-refractivity contribution in [3.05, 3.63) is 65.0 Å². The summed E-state index contributed by atoms with van der Waals surface area (Å²) in [4.78, 5) is 24.7. The highest BCUT2D eigenvalue weighted by Gasteiger charge is 2.41. The SMILES string of the molecule is CCOC(=O)[C@H]1/C(=C\S(=O)(=O)c2ccc(F)cc2)NC(=O)N[C@@H]1c1ccc(O)c(O)c1. The Labute approximate surface area is 177 Å². The van der Waals surface area contributed by atoms with Gasteiger partial charge in [-0.3, -0.25) is 4.79 Å². The monoisotopic (exact) mass is 450 g/mol. The summed E-state index contributed by atoms with van der Waals surface area (Å²) >= 11 is 0. The number of carbonyl (C=O) groups excluding carboxylic acids is 2. The van der Waals surface area contributed by atoms with Gasteiger partial charge in [0.1, 0.15) is 11.7 Å². The summed E-state index contributed by atoms with van der Waals surface area (Å²) < 4.78 is 43.8. The van der Waals surface area contributed by atoms with Gasteiger partial charge in [-0.15, -0.1) is 0 Å². The van der Waals surface area contributed by atoms with Gasteiger partial charge >= 0.3 is 12.0 Å². The first-order valence-electron chi connectivity index (χ1n) is 9.10. The number of hydrogen-bond donors (Lipinski definition) is 4. The minimum absolute atomic E-state index is 0.00514. The smallest absolute Gasteiger partial charge is 0.319 e. The summed E-state index contributed by atoms with van der Waals surface area (Å²) in [6.45, 7) is 1.56. The number of sulfone groups is 1. The number of amides is 2. The maximum atomic E-state index is 13.2. The highest BCUT2D eigenvalue weighted by Crippen LogP contribution is 2.36. The van der Waals surface area contributed by atoms with E-state index in [1.807, 2.05) is 0 Å². The van der Waals surface area contributed by atoms with Crippen molar-refractivity contribution >= 4 is 21.8 Å². The Hall–Kier alpha value is -3.60. The van der Waals surface area contributed by atoms with Gasteiger partial charge in [0.05, 0.1) is 23.0 Å². The molecule has 0 radical (unpaired) electrons. The average Bonchev–Trinajstić information content (AvgIpc) is 2.69. The van der Waals surface area contributed by atoms with E-state index in [2.05, 4.69) is 10.6 Å². The van der Waals surface area contributed by atoms with Crippen LogP contribution in [0.1, 0.15) is 18.5 Å². The molecule has 0 aliphatic carbocycles. The Morgan fingerprint density at radius 2 is 1.84 bits per heavy atom. The Bertz CT molecular complexity index is 1150. The maximum Gasteiger partial charge on any atom is 0.319 e. The molecule has 1 saturated heterocycles. The maximum absolute atomic E-state index is 13.2. The van der Waals surface area contributed by atoms with E-state index in [4.69, 9.17) is 4.74 Å². The van der Waals surface area contributed by atoms with Crippen LogP contribution in [-0.2, 0) is 19.4 Å². The lowest BCUT2D eigenvalue weighted by atomic mass is 9.89. The molecule has 9 nitrogen and oxygen atoms in total. The number of phenols is 2. The van der Waals surface area contributed by atoms with Crippen LogP contribution in [0.5, 0.6) is 11.5 Å². The molecule has 0 saturated carbocycles. The second-order valence-corrected chi connectivity index (χ2v) is 8.42. The van der Waals surface area contributed by atoms with Crippen molar-refractivity contribution in [1.29, 1.82) is 0 Å². The molecule has 1 aliphatic heterocycles. The van der Waals surface area contributed by atoms with E-state index in [1.54, 1.807) is 6.92 Å². The molecule has 3 rings (SSSR count). The van der Waals surface area contributed by atoms with Crippen molar-refractivity contribution in [3.8, 4) is 11.5 Å². The van der Waals surface area contributed by atoms with Crippen LogP contribution in [0.3, 0.4) is 0 Å². The molecule has 11 heteroatoms. The number of nitrogens with one attached hydrogen (secondary N) is 2. The van der Waals surface area contributed by atoms with Gasteiger partial charge in [0.15, 0.2) is 11.5 Å². The third-order valence-corrected chi connectivity index (χ3v) is 6.03. The van der Waals surface area contributed by atoms with Crippen LogP contribution in [-0.4, -0.2) is 37.2 Å². The lowest BCUT2D eigenvalue weighted by molar-refractivity contribution is -0.147. The summed E-state index contributed by atoms with van der Waals surface area (Å²) in [6.07, 6.45) is 0. The van der Waals surface area contributed by atoms with Crippen molar-refractivity contribution < 1.29 is 37.3 Å². The summed E-state index contributed by atoms with van der Waals surface area (Å²) in [6, 6.07) is 5.83. The number of phenolic OH excluding ortho intramolecular Hbond substituents is 2. The van der Waals surface area contributed by atoms with Gasteiger partial charge in [0.25, 0.3) is 0 Å². The highest BCUT2D eigenvalue weighted by molar-refractivity contribution is 7.94. The molecule has 1 aliphatic rings. The standard InChI is InChI=1S/C20H19FN2O7S/c1-2-30-19(26)17-14(10-31(28,29)13-6-4-12(21)5-7-13)22-20(27)23-18(17)11-3-8-15(24)16(25)9-11/h3-10,17-18,24-25H,2H2,1H3,(H2,22,23,27)/b14-10+/t17-,18+/m0/s1. The number of urea groups is 1. The van der Waals surface area contributed by atoms with Crippen molar-refractivity contribution in [1.82, 2.24) is 10.6 Å². The van der Waals surface area contributed by atoms with E-state index in [0.29, 0.717) is 5.41 Å². The van der Waals surface area contributed by atoms with Crippen molar-refractivity contribution in [2.24, 2.45) is 5.92 Å². The fourth-order valence-corrected chi connectivity index (χ4v) is 4.31. The van der Waals surface area contributed by atoms with Gasteiger partial charge in [-0.2, -0.15) is 0 Å². The quantitative estimate of drug-likeness (QED) is 0.310. The average molecular weight is 450 g/mol. The first-order valence-corrected chi connectivity index (χ1v) is 10.6. The molecule has 0 spiro atoms. The zero-order chi connectivity index (χ0) is 22.8. The van der Waals surface area contributed by atoms with Crippen molar-refractivity contribution in [2.45, 2.75) is 17.9 Å². The number of halogens is 1. The fraction of sp³-hybridized carbons (Fsp3) is 0.200. The molecule has 4 N–H and O–H groups in total. The second-order valence-electron chi connectivity index (χ2n) is 6.63. The Morgan fingerprint density at radius 3 is 2.45 bits per heavy atom. The summed E-state index contributed by atoms with van der Waals surface area (Å²) in [7, 11) is -4.17. The lowest BCUT2D eigenvalue weighted by Crippen LogP contribution is -2.51. The third-order valence-electron chi connectivity index (χ3n) is 4.54. The molecular weight excluding hydrogens is 431 g/mol. The van der Waals surface area contributed by atoms with Crippen LogP contribution in [0.25, 0.3) is 0 Å². The number of carbonyl (C=O) groups is 2. The van der Waals surface area contributed by atoms with E-state index < -0.39 is 51.1 Å². The van der Waals surface area contributed by atoms with Gasteiger partial charge < -0.3 is 25.6 Å². The van der Waals surface area contributed by atoms with E-state index >= 15 is 0 Å². The number of benzene rings is 2. The van der Waals surface area contributed by atoms with Gasteiger partial charge in [0.2, 0.25) is 9.84 Å². The molecule has 2 amide bonds. The molecular formula is C20H19FN2O7S. The molecule has 1 heterocycles. The predicted octanol–water partition coefficient (Wildman–Crippen LogP) is 2.09. The minimum atomic E-state index is -4.17. The van der Waals surface area contributed by atoms with Gasteiger partial charge in [-0.25, -0.2) is 17.6 Å². The van der Waals surface area contributed by atoms with Gasteiger partial charge in [-0.05, 0) is 48.9 Å². The minimum Gasteiger partial charge on any atom is -0.504 e. The molecule has 2 aromatic carbocycles. The molecule has 31 heavy (non-hydrogen) atoms. The zero-order valence-corrected chi connectivity index (χ0v) is 17.0. The van der Waals surface area contributed by atoms with Gasteiger partial charge in [0, 0.05) is 5.70 Å². The molecule has 1 fully saturated rings. The molecule has 0 bridgehead atoms. The van der Waals surface area contributed by atoms with Crippen LogP contribution in [0.2, 0.25) is 0 Å². The van der Waals surface area contributed by atoms with E-state index in [9.17, 15) is 32.6 Å². The number of aromatic hydroxyl groups is 2. The van der Waals surface area contributed by atoms with Crippen LogP contribution in [0, 0.1) is 11.7 Å². The molecule has 164 valence electrons. The van der Waals surface area contributed by atoms with Crippen LogP contribution < -0.4 is 10.6 Å². The molecule has 2 atom stereocenters. The largest absolute Gasteiger partial charge is 0.504 e. The van der Waals surface area contributed by atoms with E-state index in [1.165, 1.54) is 12.1 Å². The van der Waals surface area contributed by atoms with Crippen LogP contribution >= 0.6 is 0 Å². The highest BCUT2D eigenvalue weighted by atomic mass is 32.2. The zero-order valence-electron chi connectivity index (χ0n) is 16.2. The summed E-state index contributed by atoms with van der Waals surface area (Å²) in [5.41, 5.74) is -0.0302. The van der Waals surface area contributed by atoms with E-state index in [-0.39, 0.29) is 22.8 Å². The Balaban J connectivity index is 2.11. The van der Waals surface area contributed by atoms with Gasteiger partial charge in [-0.1, -0.05) is 6.07 Å². The molecule has 0 aromatic heterocycles. The number of ether oxygens (including phenoxy) is 1. The van der Waals surface area contributed by atoms with E-state index in [0.717, 1.165) is 30.3 Å². The summed E-state index contributed by atoms with van der Waals surface area (Å²) in [5.74, 6) is -3.66. The first-order chi connectivity index (χ1) is 14.6. The van der Waals surface area contributed by atoms with Crippen molar-refractivity contribution in [2.75, 3.05) is 6.61 Å². The molecule has 2 aromatic rings. The number of rotatable bonds is 5. The lowest BCUT2D eigenvalue weighted by Gasteiger charge is -2.33. The third kappa shape index (κ3) is 4.77. The number of hydrogen-bond acceptors (Lipinski definition) is 7. The molecule has 0 unspecified atom stereocenters. The summed E-state index contributed by atoms with van der Waals surface area (Å²) in [5, 5.41) is 24.9. The first kappa shape index (κ1) is 22.1. The Kier molecular flexibility index (Phi) is 6.16. The Morgan fingerprint density at radius 1 is 1.16 bits per heavy atom. The fourth-order valence-electron chi connectivity index (χ4n) is 3.12.